The summed E-state index contributed by atoms with van der Waals surface area (Å²) in [5.41, 5.74) is 0. The fraction of sp³-hybridized carbons (Fsp3) is 0.500. The molecular formula is C10H14BrFN2S. The van der Waals surface area contributed by atoms with E-state index in [4.69, 9.17) is 0 Å². The third kappa shape index (κ3) is 4.38. The van der Waals surface area contributed by atoms with Crippen molar-refractivity contribution in [1.82, 2.24) is 4.98 Å². The Bertz CT molecular complexity index is 322. The molecule has 0 amide bonds. The van der Waals surface area contributed by atoms with Gasteiger partial charge in [-0.1, -0.05) is 0 Å². The number of anilines is 1. The first kappa shape index (κ1) is 12.8. The lowest BCUT2D eigenvalue weighted by atomic mass is 10.2. The summed E-state index contributed by atoms with van der Waals surface area (Å²) in [5, 5.41) is 3.05. The smallest absolute Gasteiger partial charge is 0.166 e. The zero-order chi connectivity index (χ0) is 11.3. The number of hydrogen-bond donors (Lipinski definition) is 1. The second-order valence-electron chi connectivity index (χ2n) is 3.31. The molecule has 0 spiro atoms. The van der Waals surface area contributed by atoms with Gasteiger partial charge in [0.05, 0.1) is 0 Å². The Morgan fingerprint density at radius 3 is 3.00 bits per heavy atom. The fourth-order valence-corrected chi connectivity index (χ4v) is 2.01. The highest BCUT2D eigenvalue weighted by atomic mass is 79.9. The summed E-state index contributed by atoms with van der Waals surface area (Å²) in [4.78, 5) is 3.99. The molecule has 1 rings (SSSR count). The van der Waals surface area contributed by atoms with Gasteiger partial charge in [-0.15, -0.1) is 0 Å². The van der Waals surface area contributed by atoms with Crippen molar-refractivity contribution in [3.05, 3.63) is 22.6 Å². The Labute approximate surface area is 102 Å². The lowest BCUT2D eigenvalue weighted by molar-refractivity contribution is 0.617. The van der Waals surface area contributed by atoms with Gasteiger partial charge < -0.3 is 5.32 Å². The standard InChI is InChI=1S/C10H14BrFN2S/c1-7(3-4-15-2)14-10-9(12)5-8(11)6-13-10/h5-7H,3-4H2,1-2H3,(H,13,14). The predicted molar refractivity (Wildman–Crippen MR) is 68.0 cm³/mol. The SMILES string of the molecule is CSCCC(C)Nc1ncc(Br)cc1F. The highest BCUT2D eigenvalue weighted by Crippen LogP contribution is 2.17. The van der Waals surface area contributed by atoms with Crippen molar-refractivity contribution in [1.29, 1.82) is 0 Å². The number of halogens is 2. The molecule has 1 N–H and O–H groups in total. The van der Waals surface area contributed by atoms with Gasteiger partial charge in [-0.05, 0) is 47.3 Å². The van der Waals surface area contributed by atoms with E-state index in [2.05, 4.69) is 32.5 Å². The van der Waals surface area contributed by atoms with E-state index in [9.17, 15) is 4.39 Å². The molecular weight excluding hydrogens is 279 g/mol. The molecule has 2 nitrogen and oxygen atoms in total. The number of pyridine rings is 1. The lowest BCUT2D eigenvalue weighted by Crippen LogP contribution is -2.17. The molecule has 5 heteroatoms. The van der Waals surface area contributed by atoms with E-state index in [-0.39, 0.29) is 11.9 Å². The molecule has 1 atom stereocenters. The maximum Gasteiger partial charge on any atom is 0.166 e. The number of hydrogen-bond acceptors (Lipinski definition) is 3. The molecule has 84 valence electrons. The molecule has 1 aromatic heterocycles. The monoisotopic (exact) mass is 292 g/mol. The van der Waals surface area contributed by atoms with Crippen LogP contribution in [0.5, 0.6) is 0 Å². The first-order chi connectivity index (χ1) is 7.13. The maximum absolute atomic E-state index is 13.4. The zero-order valence-electron chi connectivity index (χ0n) is 8.76. The van der Waals surface area contributed by atoms with Gasteiger partial charge in [-0.2, -0.15) is 11.8 Å². The first-order valence-electron chi connectivity index (χ1n) is 4.70. The van der Waals surface area contributed by atoms with E-state index in [0.717, 1.165) is 12.2 Å². The van der Waals surface area contributed by atoms with Crippen LogP contribution in [0.25, 0.3) is 0 Å². The van der Waals surface area contributed by atoms with Crippen LogP contribution in [0.3, 0.4) is 0 Å². The van der Waals surface area contributed by atoms with E-state index >= 15 is 0 Å². The van der Waals surface area contributed by atoms with Gasteiger partial charge in [-0.3, -0.25) is 0 Å². The minimum atomic E-state index is -0.319. The molecule has 0 bridgehead atoms. The average Bonchev–Trinajstić information content (AvgIpc) is 2.19. The minimum Gasteiger partial charge on any atom is -0.365 e. The molecule has 1 unspecified atom stereocenters. The highest BCUT2D eigenvalue weighted by Gasteiger charge is 2.07. The van der Waals surface area contributed by atoms with E-state index in [0.29, 0.717) is 10.3 Å². The molecule has 0 aliphatic rings. The quantitative estimate of drug-likeness (QED) is 0.899. The first-order valence-corrected chi connectivity index (χ1v) is 6.88. The molecule has 1 aromatic rings. The molecule has 0 fully saturated rings. The zero-order valence-corrected chi connectivity index (χ0v) is 11.2. The highest BCUT2D eigenvalue weighted by molar-refractivity contribution is 9.10. The normalized spacial score (nSPS) is 12.5. The van der Waals surface area contributed by atoms with Gasteiger partial charge >= 0.3 is 0 Å². The Balaban J connectivity index is 2.56. The summed E-state index contributed by atoms with van der Waals surface area (Å²) < 4.78 is 14.0. The Morgan fingerprint density at radius 2 is 2.40 bits per heavy atom. The van der Waals surface area contributed by atoms with Gasteiger partial charge in [0, 0.05) is 16.7 Å². The van der Waals surface area contributed by atoms with Crippen molar-refractivity contribution in [3.8, 4) is 0 Å². The van der Waals surface area contributed by atoms with Crippen LogP contribution in [0.1, 0.15) is 13.3 Å². The minimum absolute atomic E-state index is 0.237. The molecule has 0 saturated heterocycles. The predicted octanol–water partition coefficient (Wildman–Crippen LogP) is 3.54. The van der Waals surface area contributed by atoms with Crippen molar-refractivity contribution < 1.29 is 4.39 Å². The van der Waals surface area contributed by atoms with Crippen LogP contribution >= 0.6 is 27.7 Å². The number of rotatable bonds is 5. The Hall–Kier alpha value is -0.290. The van der Waals surface area contributed by atoms with Gasteiger partial charge in [-0.25, -0.2) is 9.37 Å². The largest absolute Gasteiger partial charge is 0.365 e. The topological polar surface area (TPSA) is 24.9 Å². The number of thioether (sulfide) groups is 1. The van der Waals surface area contributed by atoms with Crippen molar-refractivity contribution >= 4 is 33.5 Å². The molecule has 0 radical (unpaired) electrons. The van der Waals surface area contributed by atoms with Crippen LogP contribution in [0.15, 0.2) is 16.7 Å². The maximum atomic E-state index is 13.4. The van der Waals surface area contributed by atoms with Crippen LogP contribution in [0.2, 0.25) is 0 Å². The second kappa shape index (κ2) is 6.33. The number of aromatic nitrogens is 1. The molecule has 15 heavy (non-hydrogen) atoms. The summed E-state index contributed by atoms with van der Waals surface area (Å²) in [5.74, 6) is 1.07. The van der Waals surface area contributed by atoms with Crippen LogP contribution in [0, 0.1) is 5.82 Å². The van der Waals surface area contributed by atoms with E-state index < -0.39 is 0 Å². The number of nitrogens with zero attached hydrogens (tertiary/aromatic N) is 1. The molecule has 1 heterocycles. The van der Waals surface area contributed by atoms with E-state index in [1.54, 1.807) is 18.0 Å². The van der Waals surface area contributed by atoms with Crippen LogP contribution in [0.4, 0.5) is 10.2 Å². The summed E-state index contributed by atoms with van der Waals surface area (Å²) in [6, 6.07) is 1.65. The summed E-state index contributed by atoms with van der Waals surface area (Å²) in [6.07, 6.45) is 4.65. The average molecular weight is 293 g/mol. The Kier molecular flexibility index (Phi) is 5.39. The van der Waals surface area contributed by atoms with E-state index in [1.807, 2.05) is 6.92 Å². The Morgan fingerprint density at radius 1 is 1.67 bits per heavy atom. The van der Waals surface area contributed by atoms with E-state index in [1.165, 1.54) is 6.07 Å². The van der Waals surface area contributed by atoms with Gasteiger partial charge in [0.15, 0.2) is 11.6 Å². The van der Waals surface area contributed by atoms with Crippen LogP contribution in [-0.2, 0) is 0 Å². The fourth-order valence-electron chi connectivity index (χ4n) is 1.12. The van der Waals surface area contributed by atoms with Gasteiger partial charge in [0.1, 0.15) is 0 Å². The number of nitrogens with one attached hydrogen (secondary N) is 1. The summed E-state index contributed by atoms with van der Waals surface area (Å²) in [6.45, 7) is 2.03. The molecule has 0 aromatic carbocycles. The van der Waals surface area contributed by atoms with Gasteiger partial charge in [0.2, 0.25) is 0 Å². The van der Waals surface area contributed by atoms with Gasteiger partial charge in [0.25, 0.3) is 0 Å². The molecule has 0 aliphatic heterocycles. The third-order valence-electron chi connectivity index (χ3n) is 1.95. The molecule has 0 aliphatic carbocycles. The van der Waals surface area contributed by atoms with Crippen LogP contribution < -0.4 is 5.32 Å². The van der Waals surface area contributed by atoms with Crippen molar-refractivity contribution in [2.45, 2.75) is 19.4 Å². The summed E-state index contributed by atoms with van der Waals surface area (Å²) in [7, 11) is 0. The van der Waals surface area contributed by atoms with Crippen molar-refractivity contribution in [2.75, 3.05) is 17.3 Å². The molecule has 0 saturated carbocycles. The van der Waals surface area contributed by atoms with Crippen molar-refractivity contribution in [3.63, 3.8) is 0 Å². The lowest BCUT2D eigenvalue weighted by Gasteiger charge is -2.14. The summed E-state index contributed by atoms with van der Waals surface area (Å²) >= 11 is 4.96. The third-order valence-corrected chi connectivity index (χ3v) is 3.02. The van der Waals surface area contributed by atoms with Crippen LogP contribution in [-0.4, -0.2) is 23.0 Å². The van der Waals surface area contributed by atoms with Crippen molar-refractivity contribution in [2.24, 2.45) is 0 Å². The second-order valence-corrected chi connectivity index (χ2v) is 5.21.